The molecule has 2 rings (SSSR count). The molecule has 0 bridgehead atoms. The van der Waals surface area contributed by atoms with Crippen molar-refractivity contribution < 1.29 is 14.6 Å². The number of carbonyl (C=O) groups is 1. The van der Waals surface area contributed by atoms with E-state index in [-0.39, 0.29) is 29.3 Å². The smallest absolute Gasteiger partial charge is 0.273 e. The van der Waals surface area contributed by atoms with Crippen molar-refractivity contribution in [2.45, 2.75) is 58.5 Å². The van der Waals surface area contributed by atoms with Crippen LogP contribution in [0.3, 0.4) is 0 Å². The Morgan fingerprint density at radius 2 is 2.00 bits per heavy atom. The lowest BCUT2D eigenvalue weighted by atomic mass is 9.92. The number of benzene rings is 1. The van der Waals surface area contributed by atoms with Crippen LogP contribution in [0.1, 0.15) is 73.9 Å². The van der Waals surface area contributed by atoms with Crippen molar-refractivity contribution in [3.63, 3.8) is 0 Å². The van der Waals surface area contributed by atoms with Crippen molar-refractivity contribution in [1.82, 2.24) is 16.2 Å². The molecule has 4 N–H and O–H groups in total. The molecule has 1 unspecified atom stereocenters. The molecule has 1 aromatic carbocycles. The summed E-state index contributed by atoms with van der Waals surface area (Å²) in [5.41, 5.74) is 7.26. The first-order valence-electron chi connectivity index (χ1n) is 9.12. The second-order valence-corrected chi connectivity index (χ2v) is 7.65. The Balaban J connectivity index is 2.00. The van der Waals surface area contributed by atoms with Gasteiger partial charge in [-0.15, -0.1) is 0 Å². The number of ether oxygens (including phenoxy) is 1. The summed E-state index contributed by atoms with van der Waals surface area (Å²) in [4.78, 5) is 12.5. The van der Waals surface area contributed by atoms with Gasteiger partial charge in [0.25, 0.3) is 5.91 Å². The lowest BCUT2D eigenvalue weighted by molar-refractivity contribution is 0.0940. The average Bonchev–Trinajstić information content (AvgIpc) is 3.11. The zero-order valence-electron chi connectivity index (χ0n) is 15.9. The Hall–Kier alpha value is -1.86. The summed E-state index contributed by atoms with van der Waals surface area (Å²) in [6.07, 6.45) is 2.23. The number of amides is 1. The van der Waals surface area contributed by atoms with Crippen LogP contribution in [0.25, 0.3) is 0 Å². The Labute approximate surface area is 160 Å². The van der Waals surface area contributed by atoms with Crippen LogP contribution in [-0.2, 0) is 4.74 Å². The zero-order chi connectivity index (χ0) is 19.3. The Morgan fingerprint density at radius 1 is 1.27 bits per heavy atom. The van der Waals surface area contributed by atoms with Crippen molar-refractivity contribution in [1.29, 1.82) is 0 Å². The van der Waals surface area contributed by atoms with Crippen molar-refractivity contribution in [3.05, 3.63) is 28.8 Å². The van der Waals surface area contributed by atoms with Gasteiger partial charge in [-0.2, -0.15) is 0 Å². The highest BCUT2D eigenvalue weighted by Crippen LogP contribution is 2.32. The van der Waals surface area contributed by atoms with E-state index < -0.39 is 5.91 Å². The van der Waals surface area contributed by atoms with Crippen molar-refractivity contribution in [3.8, 4) is 5.75 Å². The first kappa shape index (κ1) is 20.5. The predicted octanol–water partition coefficient (Wildman–Crippen LogP) is 2.93. The maximum absolute atomic E-state index is 12.5. The standard InChI is InChI=1S/C19H29N3O3S/c1-11(2)13-8-15(12(3)4)17(23)16(9-13)18(24)21-22-19(26)20-10-14-6-5-7-25-14/h8-9,11-12,14,23H,5-7,10H2,1-4H3,(H,21,24)(H2,20,22,26). The van der Waals surface area contributed by atoms with Crippen molar-refractivity contribution >= 4 is 23.2 Å². The molecule has 1 aliphatic rings. The third-order valence-electron chi connectivity index (χ3n) is 4.50. The highest BCUT2D eigenvalue weighted by Gasteiger charge is 2.20. The second kappa shape index (κ2) is 9.19. The third kappa shape index (κ3) is 5.32. The molecule has 0 aliphatic carbocycles. The van der Waals surface area contributed by atoms with Crippen LogP contribution >= 0.6 is 12.2 Å². The predicted molar refractivity (Wildman–Crippen MR) is 106 cm³/mol. The van der Waals surface area contributed by atoms with Gasteiger partial charge >= 0.3 is 0 Å². The highest BCUT2D eigenvalue weighted by atomic mass is 32.1. The van der Waals surface area contributed by atoms with E-state index in [0.29, 0.717) is 11.7 Å². The molecule has 0 spiro atoms. The summed E-state index contributed by atoms with van der Waals surface area (Å²) in [6.45, 7) is 9.48. The van der Waals surface area contributed by atoms with Crippen LogP contribution in [0.15, 0.2) is 12.1 Å². The summed E-state index contributed by atoms with van der Waals surface area (Å²) in [5, 5.41) is 13.8. The second-order valence-electron chi connectivity index (χ2n) is 7.24. The SMILES string of the molecule is CC(C)c1cc(C(=O)NNC(=S)NCC2CCCO2)c(O)c(C(C)C)c1. The van der Waals surface area contributed by atoms with Gasteiger partial charge < -0.3 is 15.2 Å². The van der Waals surface area contributed by atoms with E-state index >= 15 is 0 Å². The summed E-state index contributed by atoms with van der Waals surface area (Å²) in [7, 11) is 0. The minimum atomic E-state index is -0.423. The molecule has 6 nitrogen and oxygen atoms in total. The van der Waals surface area contributed by atoms with E-state index in [1.165, 1.54) is 0 Å². The van der Waals surface area contributed by atoms with Crippen LogP contribution in [0.2, 0.25) is 0 Å². The Morgan fingerprint density at radius 3 is 2.58 bits per heavy atom. The quantitative estimate of drug-likeness (QED) is 0.465. The topological polar surface area (TPSA) is 82.6 Å². The van der Waals surface area contributed by atoms with Crippen molar-refractivity contribution in [2.24, 2.45) is 0 Å². The minimum absolute atomic E-state index is 0.0157. The molecular weight excluding hydrogens is 350 g/mol. The zero-order valence-corrected chi connectivity index (χ0v) is 16.7. The minimum Gasteiger partial charge on any atom is -0.507 e. The number of phenolic OH excluding ortho intramolecular Hbond substituents is 1. The van der Waals surface area contributed by atoms with Gasteiger partial charge in [0.2, 0.25) is 0 Å². The maximum Gasteiger partial charge on any atom is 0.273 e. The molecule has 26 heavy (non-hydrogen) atoms. The third-order valence-corrected chi connectivity index (χ3v) is 4.75. The van der Waals surface area contributed by atoms with Gasteiger partial charge in [-0.3, -0.25) is 15.6 Å². The molecule has 1 aliphatic heterocycles. The van der Waals surface area contributed by atoms with Gasteiger partial charge in [0.05, 0.1) is 11.7 Å². The highest BCUT2D eigenvalue weighted by molar-refractivity contribution is 7.80. The largest absolute Gasteiger partial charge is 0.507 e. The Bertz CT molecular complexity index is 656. The van der Waals surface area contributed by atoms with Crippen LogP contribution in [0.4, 0.5) is 0 Å². The number of carbonyl (C=O) groups excluding carboxylic acids is 1. The molecular formula is C19H29N3O3S. The molecule has 0 radical (unpaired) electrons. The van der Waals surface area contributed by atoms with E-state index in [0.717, 1.165) is 30.6 Å². The molecule has 1 aromatic rings. The first-order chi connectivity index (χ1) is 12.3. The van der Waals surface area contributed by atoms with Gasteiger partial charge in [-0.25, -0.2) is 0 Å². The monoisotopic (exact) mass is 379 g/mol. The van der Waals surface area contributed by atoms with E-state index in [9.17, 15) is 9.90 Å². The number of hydrogen-bond acceptors (Lipinski definition) is 4. The lowest BCUT2D eigenvalue weighted by Crippen LogP contribution is -2.48. The molecule has 0 saturated carbocycles. The van der Waals surface area contributed by atoms with Crippen LogP contribution in [0, 0.1) is 0 Å². The number of rotatable bonds is 5. The molecule has 1 heterocycles. The van der Waals surface area contributed by atoms with E-state index in [1.54, 1.807) is 6.07 Å². The summed E-state index contributed by atoms with van der Waals surface area (Å²) < 4.78 is 5.51. The molecule has 1 saturated heterocycles. The normalized spacial score (nSPS) is 16.8. The van der Waals surface area contributed by atoms with Crippen LogP contribution < -0.4 is 16.2 Å². The van der Waals surface area contributed by atoms with E-state index in [2.05, 4.69) is 30.0 Å². The first-order valence-corrected chi connectivity index (χ1v) is 9.53. The molecule has 1 fully saturated rings. The number of phenols is 1. The van der Waals surface area contributed by atoms with Gasteiger partial charge in [-0.1, -0.05) is 33.8 Å². The lowest BCUT2D eigenvalue weighted by Gasteiger charge is -2.18. The summed E-state index contributed by atoms with van der Waals surface area (Å²) >= 11 is 5.17. The number of hydrogen-bond donors (Lipinski definition) is 4. The van der Waals surface area contributed by atoms with Gasteiger partial charge in [0.15, 0.2) is 5.11 Å². The fourth-order valence-electron chi connectivity index (χ4n) is 2.86. The molecule has 144 valence electrons. The molecule has 1 amide bonds. The fourth-order valence-corrected chi connectivity index (χ4v) is 3.00. The average molecular weight is 380 g/mol. The number of hydrazine groups is 1. The Kier molecular flexibility index (Phi) is 7.23. The molecule has 1 atom stereocenters. The van der Waals surface area contributed by atoms with Gasteiger partial charge in [-0.05, 0) is 54.1 Å². The number of aromatic hydroxyl groups is 1. The maximum atomic E-state index is 12.5. The van der Waals surface area contributed by atoms with Gasteiger partial charge in [0, 0.05) is 13.2 Å². The number of nitrogens with one attached hydrogen (secondary N) is 3. The van der Waals surface area contributed by atoms with Gasteiger partial charge in [0.1, 0.15) is 5.75 Å². The van der Waals surface area contributed by atoms with Crippen LogP contribution in [0.5, 0.6) is 5.75 Å². The van der Waals surface area contributed by atoms with E-state index in [4.69, 9.17) is 17.0 Å². The van der Waals surface area contributed by atoms with Crippen LogP contribution in [-0.4, -0.2) is 35.4 Å². The van der Waals surface area contributed by atoms with Crippen molar-refractivity contribution in [2.75, 3.05) is 13.2 Å². The summed E-state index contributed by atoms with van der Waals surface area (Å²) in [6, 6.07) is 3.69. The molecule has 0 aromatic heterocycles. The van der Waals surface area contributed by atoms with E-state index in [1.807, 2.05) is 19.9 Å². The number of thiocarbonyl (C=S) groups is 1. The summed E-state index contributed by atoms with van der Waals surface area (Å²) in [5.74, 6) is -0.0424. The fraction of sp³-hybridized carbons (Fsp3) is 0.579. The molecule has 7 heteroatoms.